The number of fused-ring (bicyclic) bond motifs is 1. The quantitative estimate of drug-likeness (QED) is 0.653. The highest BCUT2D eigenvalue weighted by Crippen LogP contribution is 2.29. The number of rotatable bonds is 3. The Bertz CT molecular complexity index is 974. The molecule has 0 bridgehead atoms. The lowest BCUT2D eigenvalue weighted by Gasteiger charge is -2.10. The van der Waals surface area contributed by atoms with E-state index >= 15 is 0 Å². The number of carbonyl (C=O) groups excluding carboxylic acids is 1. The topological polar surface area (TPSA) is 56.5 Å². The second kappa shape index (κ2) is 6.49. The summed E-state index contributed by atoms with van der Waals surface area (Å²) in [6.07, 6.45) is 0. The normalized spacial score (nSPS) is 10.8. The molecule has 0 amide bonds. The molecule has 3 aromatic rings. The molecule has 0 saturated heterocycles. The Morgan fingerprint density at radius 1 is 1.21 bits per heavy atom. The fourth-order valence-corrected chi connectivity index (χ4v) is 2.66. The zero-order valence-corrected chi connectivity index (χ0v) is 14.0. The standard InChI is InChI=1S/C19H15ClO4/c1-3-23-19(22)16-17(21)13-10-14(20)11(2)9-15(13)24-18(16)12-7-5-4-6-8-12/h4-10H,3H2,1-2H3. The molecule has 122 valence electrons. The molecule has 0 fully saturated rings. The highest BCUT2D eigenvalue weighted by molar-refractivity contribution is 6.32. The second-order valence-corrected chi connectivity index (χ2v) is 5.73. The van der Waals surface area contributed by atoms with Crippen molar-refractivity contribution in [3.8, 4) is 11.3 Å². The van der Waals surface area contributed by atoms with Gasteiger partial charge in [-0.25, -0.2) is 4.79 Å². The third-order valence-electron chi connectivity index (χ3n) is 3.69. The summed E-state index contributed by atoms with van der Waals surface area (Å²) < 4.78 is 10.9. The van der Waals surface area contributed by atoms with Crippen molar-refractivity contribution in [2.24, 2.45) is 0 Å². The fraction of sp³-hybridized carbons (Fsp3) is 0.158. The first-order valence-electron chi connectivity index (χ1n) is 7.52. The van der Waals surface area contributed by atoms with E-state index in [1.165, 1.54) is 6.07 Å². The highest BCUT2D eigenvalue weighted by atomic mass is 35.5. The number of halogens is 1. The molecule has 0 atom stereocenters. The molecule has 0 aliphatic carbocycles. The van der Waals surface area contributed by atoms with Gasteiger partial charge in [-0.1, -0.05) is 41.9 Å². The van der Waals surface area contributed by atoms with E-state index in [-0.39, 0.29) is 23.3 Å². The first kappa shape index (κ1) is 16.3. The van der Waals surface area contributed by atoms with Gasteiger partial charge in [0.2, 0.25) is 5.43 Å². The van der Waals surface area contributed by atoms with E-state index in [0.29, 0.717) is 16.2 Å². The van der Waals surface area contributed by atoms with Crippen LogP contribution in [0.5, 0.6) is 0 Å². The molecule has 0 N–H and O–H groups in total. The smallest absolute Gasteiger partial charge is 0.346 e. The van der Waals surface area contributed by atoms with Gasteiger partial charge in [0.05, 0.1) is 12.0 Å². The molecule has 1 aromatic heterocycles. The maximum atomic E-state index is 12.9. The molecule has 0 unspecified atom stereocenters. The molecule has 0 radical (unpaired) electrons. The fourth-order valence-electron chi connectivity index (χ4n) is 2.50. The van der Waals surface area contributed by atoms with Crippen LogP contribution in [0.2, 0.25) is 5.02 Å². The lowest BCUT2D eigenvalue weighted by Crippen LogP contribution is -2.19. The predicted molar refractivity (Wildman–Crippen MR) is 93.6 cm³/mol. The van der Waals surface area contributed by atoms with E-state index in [1.54, 1.807) is 25.1 Å². The van der Waals surface area contributed by atoms with Crippen molar-refractivity contribution >= 4 is 28.5 Å². The Morgan fingerprint density at radius 3 is 2.58 bits per heavy atom. The lowest BCUT2D eigenvalue weighted by atomic mass is 10.0. The first-order chi connectivity index (χ1) is 11.5. The highest BCUT2D eigenvalue weighted by Gasteiger charge is 2.23. The van der Waals surface area contributed by atoms with E-state index < -0.39 is 11.4 Å². The molecule has 0 spiro atoms. The SMILES string of the molecule is CCOC(=O)c1c(-c2ccccc2)oc2cc(C)c(Cl)cc2c1=O. The van der Waals surface area contributed by atoms with Gasteiger partial charge in [0.15, 0.2) is 11.3 Å². The van der Waals surface area contributed by atoms with E-state index in [4.69, 9.17) is 20.8 Å². The average molecular weight is 343 g/mol. The van der Waals surface area contributed by atoms with Crippen molar-refractivity contribution in [3.63, 3.8) is 0 Å². The number of carbonyl (C=O) groups is 1. The second-order valence-electron chi connectivity index (χ2n) is 5.32. The minimum atomic E-state index is -0.705. The Kier molecular flexibility index (Phi) is 4.40. The van der Waals surface area contributed by atoms with Crippen LogP contribution in [0.3, 0.4) is 0 Å². The van der Waals surface area contributed by atoms with E-state index in [1.807, 2.05) is 25.1 Å². The number of ether oxygens (including phenoxy) is 1. The van der Waals surface area contributed by atoms with Crippen molar-refractivity contribution < 1.29 is 13.9 Å². The van der Waals surface area contributed by atoms with Crippen molar-refractivity contribution in [3.05, 3.63) is 68.8 Å². The maximum absolute atomic E-state index is 12.9. The van der Waals surface area contributed by atoms with Gasteiger partial charge < -0.3 is 9.15 Å². The van der Waals surface area contributed by atoms with Crippen molar-refractivity contribution in [2.75, 3.05) is 6.61 Å². The molecule has 1 heterocycles. The number of hydrogen-bond acceptors (Lipinski definition) is 4. The maximum Gasteiger partial charge on any atom is 0.346 e. The molecule has 3 rings (SSSR count). The summed E-state index contributed by atoms with van der Waals surface area (Å²) in [7, 11) is 0. The zero-order valence-electron chi connectivity index (χ0n) is 13.3. The van der Waals surface area contributed by atoms with Crippen molar-refractivity contribution in [2.45, 2.75) is 13.8 Å². The van der Waals surface area contributed by atoms with Gasteiger partial charge in [0.25, 0.3) is 0 Å². The lowest BCUT2D eigenvalue weighted by molar-refractivity contribution is 0.0524. The number of benzene rings is 2. The van der Waals surface area contributed by atoms with Gasteiger partial charge in [-0.3, -0.25) is 4.79 Å². The molecular weight excluding hydrogens is 328 g/mol. The Labute approximate surface area is 143 Å². The average Bonchev–Trinajstić information content (AvgIpc) is 2.57. The predicted octanol–water partition coefficient (Wildman–Crippen LogP) is 4.60. The molecule has 0 aliphatic rings. The third kappa shape index (κ3) is 2.81. The summed E-state index contributed by atoms with van der Waals surface area (Å²) >= 11 is 6.11. The minimum absolute atomic E-state index is 0.115. The summed E-state index contributed by atoms with van der Waals surface area (Å²) in [6, 6.07) is 12.2. The Balaban J connectivity index is 2.40. The monoisotopic (exact) mass is 342 g/mol. The first-order valence-corrected chi connectivity index (χ1v) is 7.90. The van der Waals surface area contributed by atoms with E-state index in [9.17, 15) is 9.59 Å². The van der Waals surface area contributed by atoms with Gasteiger partial charge in [-0.05, 0) is 31.5 Å². The van der Waals surface area contributed by atoms with Crippen LogP contribution in [0.15, 0.2) is 51.7 Å². The van der Waals surface area contributed by atoms with Crippen LogP contribution in [0.25, 0.3) is 22.3 Å². The van der Waals surface area contributed by atoms with Gasteiger partial charge in [-0.15, -0.1) is 0 Å². The zero-order chi connectivity index (χ0) is 17.3. The molecule has 24 heavy (non-hydrogen) atoms. The van der Waals surface area contributed by atoms with Crippen LogP contribution in [0, 0.1) is 6.92 Å². The number of hydrogen-bond donors (Lipinski definition) is 0. The van der Waals surface area contributed by atoms with Crippen LogP contribution >= 0.6 is 11.6 Å². The number of aryl methyl sites for hydroxylation is 1. The summed E-state index contributed by atoms with van der Waals surface area (Å²) in [5.74, 6) is -0.503. The van der Waals surface area contributed by atoms with Gasteiger partial charge in [0.1, 0.15) is 5.58 Å². The summed E-state index contributed by atoms with van der Waals surface area (Å²) in [5, 5.41) is 0.699. The van der Waals surface area contributed by atoms with Crippen molar-refractivity contribution in [1.29, 1.82) is 0 Å². The van der Waals surface area contributed by atoms with Crippen LogP contribution in [0.1, 0.15) is 22.8 Å². The minimum Gasteiger partial charge on any atom is -0.462 e. The van der Waals surface area contributed by atoms with Crippen molar-refractivity contribution in [1.82, 2.24) is 0 Å². The van der Waals surface area contributed by atoms with E-state index in [2.05, 4.69) is 0 Å². The Morgan fingerprint density at radius 2 is 1.92 bits per heavy atom. The summed E-state index contributed by atoms with van der Waals surface area (Å²) in [6.45, 7) is 3.67. The van der Waals surface area contributed by atoms with Gasteiger partial charge >= 0.3 is 5.97 Å². The van der Waals surface area contributed by atoms with E-state index in [0.717, 1.165) is 5.56 Å². The number of esters is 1. The summed E-state index contributed by atoms with van der Waals surface area (Å²) in [4.78, 5) is 25.2. The largest absolute Gasteiger partial charge is 0.462 e. The molecule has 5 heteroatoms. The molecule has 0 saturated carbocycles. The third-order valence-corrected chi connectivity index (χ3v) is 4.09. The molecule has 2 aromatic carbocycles. The molecular formula is C19H15ClO4. The van der Waals surface area contributed by atoms with Crippen LogP contribution in [0.4, 0.5) is 0 Å². The molecule has 4 nitrogen and oxygen atoms in total. The van der Waals surface area contributed by atoms with Crippen LogP contribution in [-0.4, -0.2) is 12.6 Å². The van der Waals surface area contributed by atoms with Crippen LogP contribution < -0.4 is 5.43 Å². The van der Waals surface area contributed by atoms with Gasteiger partial charge in [0, 0.05) is 10.6 Å². The molecule has 0 aliphatic heterocycles. The Hall–Kier alpha value is -2.59. The van der Waals surface area contributed by atoms with Gasteiger partial charge in [-0.2, -0.15) is 0 Å². The van der Waals surface area contributed by atoms with Crippen LogP contribution in [-0.2, 0) is 4.74 Å². The summed E-state index contributed by atoms with van der Waals surface area (Å²) in [5.41, 5.74) is 1.24.